The minimum atomic E-state index is -4.18. The highest BCUT2D eigenvalue weighted by Crippen LogP contribution is 2.16. The van der Waals surface area contributed by atoms with Crippen molar-refractivity contribution in [3.63, 3.8) is 0 Å². The molecule has 0 saturated carbocycles. The average Bonchev–Trinajstić information content (AvgIpc) is 2.30. The van der Waals surface area contributed by atoms with E-state index in [1.807, 2.05) is 0 Å². The quantitative estimate of drug-likeness (QED) is 0.760. The second-order valence-corrected chi connectivity index (χ2v) is 3.22. The van der Waals surface area contributed by atoms with E-state index < -0.39 is 12.7 Å². The molecule has 3 nitrogen and oxygen atoms in total. The van der Waals surface area contributed by atoms with Crippen LogP contribution in [0.5, 0.6) is 0 Å². The van der Waals surface area contributed by atoms with Crippen molar-refractivity contribution in [1.29, 1.82) is 0 Å². The van der Waals surface area contributed by atoms with Gasteiger partial charge in [-0.15, -0.1) is 0 Å². The summed E-state index contributed by atoms with van der Waals surface area (Å²) in [5, 5.41) is 3.58. The number of aryl methyl sites for hydroxylation is 1. The zero-order valence-electron chi connectivity index (χ0n) is 7.93. The van der Waals surface area contributed by atoms with Crippen LogP contribution in [0.1, 0.15) is 11.5 Å². The third kappa shape index (κ3) is 3.78. The molecule has 1 rings (SSSR count). The van der Waals surface area contributed by atoms with Crippen molar-refractivity contribution in [3.05, 3.63) is 17.5 Å². The van der Waals surface area contributed by atoms with Gasteiger partial charge in [-0.2, -0.15) is 13.2 Å². The molecule has 0 bridgehead atoms. The first-order valence-corrected chi connectivity index (χ1v) is 4.04. The summed E-state index contributed by atoms with van der Waals surface area (Å²) < 4.78 is 40.6. The Morgan fingerprint density at radius 3 is 2.57 bits per heavy atom. The SMILES string of the molecule is Cc1cc(CN(C)CC(F)(F)F)on1. The van der Waals surface area contributed by atoms with Gasteiger partial charge in [-0.25, -0.2) is 0 Å². The van der Waals surface area contributed by atoms with Gasteiger partial charge < -0.3 is 4.52 Å². The predicted molar refractivity (Wildman–Crippen MR) is 43.6 cm³/mol. The number of alkyl halides is 3. The smallest absolute Gasteiger partial charge is 0.360 e. The normalized spacial score (nSPS) is 12.4. The molecule has 0 N–H and O–H groups in total. The molecule has 0 radical (unpaired) electrons. The Bertz CT molecular complexity index is 295. The van der Waals surface area contributed by atoms with Gasteiger partial charge >= 0.3 is 6.18 Å². The number of aromatic nitrogens is 1. The number of hydrogen-bond donors (Lipinski definition) is 0. The van der Waals surface area contributed by atoms with Crippen molar-refractivity contribution in [2.45, 2.75) is 19.6 Å². The first-order chi connectivity index (χ1) is 6.37. The Morgan fingerprint density at radius 1 is 1.50 bits per heavy atom. The summed E-state index contributed by atoms with van der Waals surface area (Å²) in [6.45, 7) is 0.879. The Balaban J connectivity index is 2.45. The summed E-state index contributed by atoms with van der Waals surface area (Å²) in [6, 6.07) is 1.62. The van der Waals surface area contributed by atoms with Crippen LogP contribution in [0.2, 0.25) is 0 Å². The van der Waals surface area contributed by atoms with Crippen molar-refractivity contribution in [2.75, 3.05) is 13.6 Å². The Hall–Kier alpha value is -1.04. The van der Waals surface area contributed by atoms with Crippen molar-refractivity contribution >= 4 is 0 Å². The van der Waals surface area contributed by atoms with E-state index in [9.17, 15) is 13.2 Å². The van der Waals surface area contributed by atoms with Crippen molar-refractivity contribution in [1.82, 2.24) is 10.1 Å². The third-order valence-electron chi connectivity index (χ3n) is 1.55. The number of nitrogens with zero attached hydrogens (tertiary/aromatic N) is 2. The fourth-order valence-electron chi connectivity index (χ4n) is 1.12. The molecule has 0 amide bonds. The van der Waals surface area contributed by atoms with Crippen molar-refractivity contribution in [2.24, 2.45) is 0 Å². The topological polar surface area (TPSA) is 29.3 Å². The molecule has 80 valence electrons. The highest BCUT2D eigenvalue weighted by molar-refractivity contribution is 5.02. The summed E-state index contributed by atoms with van der Waals surface area (Å²) >= 11 is 0. The lowest BCUT2D eigenvalue weighted by atomic mass is 10.3. The van der Waals surface area contributed by atoms with E-state index >= 15 is 0 Å². The van der Waals surface area contributed by atoms with Crippen molar-refractivity contribution in [3.8, 4) is 0 Å². The monoisotopic (exact) mass is 208 g/mol. The van der Waals surface area contributed by atoms with Crippen LogP contribution < -0.4 is 0 Å². The molecule has 1 heterocycles. The second kappa shape index (κ2) is 4.00. The minimum absolute atomic E-state index is 0.111. The summed E-state index contributed by atoms with van der Waals surface area (Å²) in [7, 11) is 1.38. The van der Waals surface area contributed by atoms with E-state index in [1.165, 1.54) is 7.05 Å². The molecular formula is C8H11F3N2O. The number of rotatable bonds is 3. The van der Waals surface area contributed by atoms with Crippen LogP contribution in [0.3, 0.4) is 0 Å². The first kappa shape index (κ1) is 11.0. The van der Waals surface area contributed by atoms with E-state index in [2.05, 4.69) is 5.16 Å². The van der Waals surface area contributed by atoms with E-state index in [0.717, 1.165) is 4.90 Å². The highest BCUT2D eigenvalue weighted by Gasteiger charge is 2.29. The molecule has 14 heavy (non-hydrogen) atoms. The van der Waals surface area contributed by atoms with Gasteiger partial charge in [0.25, 0.3) is 0 Å². The largest absolute Gasteiger partial charge is 0.401 e. The van der Waals surface area contributed by atoms with Crippen molar-refractivity contribution < 1.29 is 17.7 Å². The van der Waals surface area contributed by atoms with Crippen LogP contribution >= 0.6 is 0 Å². The van der Waals surface area contributed by atoms with E-state index in [-0.39, 0.29) is 6.54 Å². The summed E-state index contributed by atoms with van der Waals surface area (Å²) in [6.07, 6.45) is -4.18. The fourth-order valence-corrected chi connectivity index (χ4v) is 1.12. The molecule has 0 aliphatic heterocycles. The van der Waals surface area contributed by atoms with E-state index in [1.54, 1.807) is 13.0 Å². The van der Waals surface area contributed by atoms with Gasteiger partial charge in [-0.3, -0.25) is 4.90 Å². The molecular weight excluding hydrogens is 197 g/mol. The van der Waals surface area contributed by atoms with Gasteiger partial charge in [-0.1, -0.05) is 5.16 Å². The maximum atomic E-state index is 11.9. The van der Waals surface area contributed by atoms with Crippen LogP contribution in [0, 0.1) is 6.92 Å². The molecule has 0 fully saturated rings. The molecule has 0 aromatic carbocycles. The molecule has 6 heteroatoms. The van der Waals surface area contributed by atoms with Crippen LogP contribution in [0.4, 0.5) is 13.2 Å². The zero-order valence-corrected chi connectivity index (χ0v) is 7.93. The van der Waals surface area contributed by atoms with Gasteiger partial charge in [0.15, 0.2) is 5.76 Å². The molecule has 0 saturated heterocycles. The molecule has 1 aromatic rings. The fraction of sp³-hybridized carbons (Fsp3) is 0.625. The molecule has 0 spiro atoms. The standard InChI is InChI=1S/C8H11F3N2O/c1-6-3-7(14-12-6)4-13(2)5-8(9,10)11/h3H,4-5H2,1-2H3. The maximum absolute atomic E-state index is 11.9. The van der Waals surface area contributed by atoms with Crippen LogP contribution in [-0.4, -0.2) is 29.8 Å². The lowest BCUT2D eigenvalue weighted by molar-refractivity contribution is -0.144. The van der Waals surface area contributed by atoms with Gasteiger partial charge in [0.1, 0.15) is 0 Å². The zero-order chi connectivity index (χ0) is 10.8. The van der Waals surface area contributed by atoms with Gasteiger partial charge in [0, 0.05) is 6.07 Å². The van der Waals surface area contributed by atoms with Crippen LogP contribution in [0.15, 0.2) is 10.6 Å². The number of hydrogen-bond acceptors (Lipinski definition) is 3. The lowest BCUT2D eigenvalue weighted by Crippen LogP contribution is -2.30. The second-order valence-electron chi connectivity index (χ2n) is 3.22. The Morgan fingerprint density at radius 2 is 2.14 bits per heavy atom. The molecule has 0 aliphatic carbocycles. The minimum Gasteiger partial charge on any atom is -0.360 e. The Kier molecular flexibility index (Phi) is 3.15. The highest BCUT2D eigenvalue weighted by atomic mass is 19.4. The van der Waals surface area contributed by atoms with Crippen LogP contribution in [0.25, 0.3) is 0 Å². The molecule has 0 aliphatic rings. The van der Waals surface area contributed by atoms with E-state index in [4.69, 9.17) is 4.52 Å². The third-order valence-corrected chi connectivity index (χ3v) is 1.55. The molecule has 1 aromatic heterocycles. The first-order valence-electron chi connectivity index (χ1n) is 4.04. The predicted octanol–water partition coefficient (Wildman–Crippen LogP) is 1.98. The Labute approximate surface area is 79.5 Å². The average molecular weight is 208 g/mol. The molecule has 0 atom stereocenters. The summed E-state index contributed by atoms with van der Waals surface area (Å²) in [4.78, 5) is 1.12. The van der Waals surface area contributed by atoms with E-state index in [0.29, 0.717) is 11.5 Å². The molecule has 0 unspecified atom stereocenters. The van der Waals surface area contributed by atoms with Gasteiger partial charge in [0.05, 0.1) is 18.8 Å². The maximum Gasteiger partial charge on any atom is 0.401 e. The van der Waals surface area contributed by atoms with Gasteiger partial charge in [0.2, 0.25) is 0 Å². The number of halogens is 3. The van der Waals surface area contributed by atoms with Gasteiger partial charge in [-0.05, 0) is 14.0 Å². The van der Waals surface area contributed by atoms with Crippen LogP contribution in [-0.2, 0) is 6.54 Å². The summed E-state index contributed by atoms with van der Waals surface area (Å²) in [5.74, 6) is 0.439. The summed E-state index contributed by atoms with van der Waals surface area (Å²) in [5.41, 5.74) is 0.667. The lowest BCUT2D eigenvalue weighted by Gasteiger charge is -2.16.